The lowest BCUT2D eigenvalue weighted by atomic mass is 10.1. The largest absolute Gasteiger partial charge is 0.374 e. The lowest BCUT2D eigenvalue weighted by Crippen LogP contribution is -2.38. The van der Waals surface area contributed by atoms with Gasteiger partial charge in [0.15, 0.2) is 0 Å². The minimum absolute atomic E-state index is 0.0863. The summed E-state index contributed by atoms with van der Waals surface area (Å²) in [6.45, 7) is 5.90. The summed E-state index contributed by atoms with van der Waals surface area (Å²) in [4.78, 5) is 24.9. The van der Waals surface area contributed by atoms with Gasteiger partial charge in [-0.15, -0.1) is 0 Å². The molecule has 1 N–H and O–H groups in total. The van der Waals surface area contributed by atoms with Crippen LogP contribution in [0, 0.1) is 0 Å². The van der Waals surface area contributed by atoms with Crippen LogP contribution < -0.4 is 15.8 Å². The molecule has 0 spiro atoms. The molecule has 0 bridgehead atoms. The van der Waals surface area contributed by atoms with E-state index in [0.717, 1.165) is 5.82 Å². The Morgan fingerprint density at radius 2 is 2.00 bits per heavy atom. The lowest BCUT2D eigenvalue weighted by molar-refractivity contribution is 0.0719. The Hall–Kier alpha value is -2.61. The van der Waals surface area contributed by atoms with E-state index in [-0.39, 0.29) is 17.7 Å². The molecule has 2 atom stereocenters. The number of rotatable bonds is 7. The zero-order chi connectivity index (χ0) is 23.5. The van der Waals surface area contributed by atoms with E-state index in [2.05, 4.69) is 15.2 Å². The summed E-state index contributed by atoms with van der Waals surface area (Å²) in [6.07, 6.45) is 2.28. The van der Waals surface area contributed by atoms with Crippen LogP contribution >= 0.6 is 23.2 Å². The molecule has 1 aliphatic heterocycles. The van der Waals surface area contributed by atoms with Crippen molar-refractivity contribution in [1.29, 1.82) is 0 Å². The smallest absolute Gasteiger partial charge is 0.277 e. The second kappa shape index (κ2) is 10.1. The van der Waals surface area contributed by atoms with Gasteiger partial charge in [0.2, 0.25) is 0 Å². The molecule has 0 saturated carbocycles. The van der Waals surface area contributed by atoms with Crippen molar-refractivity contribution in [2.24, 2.45) is 7.05 Å². The predicted molar refractivity (Wildman–Crippen MR) is 134 cm³/mol. The van der Waals surface area contributed by atoms with E-state index in [0.29, 0.717) is 58.9 Å². The van der Waals surface area contributed by atoms with Gasteiger partial charge >= 0.3 is 0 Å². The van der Waals surface area contributed by atoms with Crippen molar-refractivity contribution < 1.29 is 4.74 Å². The van der Waals surface area contributed by atoms with Crippen molar-refractivity contribution in [3.8, 4) is 11.4 Å². The SMILES string of the molecule is CCO[C@H]1CN(c2ccccn2)CC1Nc1c(CC)nc(-c2ccc(Cl)cc2Cl)n(C)c1=O. The van der Waals surface area contributed by atoms with Gasteiger partial charge in [0.05, 0.1) is 22.9 Å². The van der Waals surface area contributed by atoms with Crippen LogP contribution in [0.5, 0.6) is 0 Å². The second-order valence-corrected chi connectivity index (χ2v) is 8.78. The second-order valence-electron chi connectivity index (χ2n) is 7.94. The molecular weight excluding hydrogens is 461 g/mol. The van der Waals surface area contributed by atoms with Gasteiger partial charge in [0.25, 0.3) is 5.56 Å². The standard InChI is InChI=1S/C24H27Cl2N5O2/c1-4-18-22(24(32)30(3)23(29-18)16-10-9-15(25)12-17(16)26)28-19-13-31(14-20(19)33-5-2)21-8-6-7-11-27-21/h6-12,19-20,28H,4-5,13-14H2,1-3H3/t19?,20-/m0/s1. The molecule has 33 heavy (non-hydrogen) atoms. The molecule has 174 valence electrons. The summed E-state index contributed by atoms with van der Waals surface area (Å²) in [5.74, 6) is 1.40. The predicted octanol–water partition coefficient (Wildman–Crippen LogP) is 4.42. The highest BCUT2D eigenvalue weighted by molar-refractivity contribution is 6.36. The van der Waals surface area contributed by atoms with Crippen molar-refractivity contribution in [3.63, 3.8) is 0 Å². The number of hydrogen-bond donors (Lipinski definition) is 1. The van der Waals surface area contributed by atoms with E-state index >= 15 is 0 Å². The third-order valence-corrected chi connectivity index (χ3v) is 6.37. The Balaban J connectivity index is 1.68. The molecule has 3 aromatic rings. The maximum atomic E-state index is 13.4. The van der Waals surface area contributed by atoms with Crippen LogP contribution in [0.25, 0.3) is 11.4 Å². The Morgan fingerprint density at radius 3 is 2.67 bits per heavy atom. The maximum Gasteiger partial charge on any atom is 0.277 e. The first kappa shape index (κ1) is 23.5. The number of anilines is 2. The number of benzene rings is 1. The molecule has 9 heteroatoms. The number of halogens is 2. The third kappa shape index (κ3) is 4.86. The molecule has 1 fully saturated rings. The van der Waals surface area contributed by atoms with Gasteiger partial charge in [-0.25, -0.2) is 9.97 Å². The number of hydrogen-bond acceptors (Lipinski definition) is 6. The normalized spacial score (nSPS) is 18.0. The van der Waals surface area contributed by atoms with Crippen LogP contribution in [0.1, 0.15) is 19.5 Å². The van der Waals surface area contributed by atoms with Crippen molar-refractivity contribution in [2.75, 3.05) is 29.9 Å². The first-order chi connectivity index (χ1) is 15.9. The van der Waals surface area contributed by atoms with E-state index in [1.54, 1.807) is 31.4 Å². The number of pyridine rings is 1. The van der Waals surface area contributed by atoms with Crippen molar-refractivity contribution in [3.05, 3.63) is 68.7 Å². The van der Waals surface area contributed by atoms with Gasteiger partial charge in [0.1, 0.15) is 17.3 Å². The Morgan fingerprint density at radius 1 is 1.18 bits per heavy atom. The van der Waals surface area contributed by atoms with Gasteiger partial charge < -0.3 is 15.0 Å². The summed E-state index contributed by atoms with van der Waals surface area (Å²) >= 11 is 12.5. The quantitative estimate of drug-likeness (QED) is 0.531. The maximum absolute atomic E-state index is 13.4. The first-order valence-corrected chi connectivity index (χ1v) is 11.8. The highest BCUT2D eigenvalue weighted by Crippen LogP contribution is 2.30. The number of aromatic nitrogens is 3. The minimum Gasteiger partial charge on any atom is -0.374 e. The van der Waals surface area contributed by atoms with Gasteiger partial charge in [0, 0.05) is 43.5 Å². The summed E-state index contributed by atoms with van der Waals surface area (Å²) < 4.78 is 7.54. The van der Waals surface area contributed by atoms with Crippen LogP contribution in [0.4, 0.5) is 11.5 Å². The fourth-order valence-electron chi connectivity index (χ4n) is 4.17. The van der Waals surface area contributed by atoms with Crippen LogP contribution in [-0.2, 0) is 18.2 Å². The Bertz CT molecular complexity index is 1190. The molecule has 1 aromatic carbocycles. The Kier molecular flexibility index (Phi) is 7.22. The van der Waals surface area contributed by atoms with E-state index in [9.17, 15) is 4.79 Å². The highest BCUT2D eigenvalue weighted by atomic mass is 35.5. The van der Waals surface area contributed by atoms with Gasteiger partial charge in [-0.05, 0) is 43.7 Å². The molecule has 3 heterocycles. The minimum atomic E-state index is -0.158. The zero-order valence-electron chi connectivity index (χ0n) is 18.9. The average molecular weight is 488 g/mol. The Labute approximate surface area is 203 Å². The van der Waals surface area contributed by atoms with Gasteiger partial charge in [-0.3, -0.25) is 9.36 Å². The zero-order valence-corrected chi connectivity index (χ0v) is 20.4. The number of ether oxygens (including phenoxy) is 1. The molecule has 0 aliphatic carbocycles. The molecule has 1 unspecified atom stereocenters. The van der Waals surface area contributed by atoms with E-state index in [1.807, 2.05) is 32.0 Å². The summed E-state index contributed by atoms with van der Waals surface area (Å²) in [6, 6.07) is 10.9. The number of nitrogens with one attached hydrogen (secondary N) is 1. The van der Waals surface area contributed by atoms with E-state index < -0.39 is 0 Å². The molecule has 7 nitrogen and oxygen atoms in total. The third-order valence-electron chi connectivity index (χ3n) is 5.82. The topological polar surface area (TPSA) is 72.3 Å². The van der Waals surface area contributed by atoms with Crippen molar-refractivity contribution >= 4 is 34.7 Å². The summed E-state index contributed by atoms with van der Waals surface area (Å²) in [5, 5.41) is 4.44. The monoisotopic (exact) mass is 487 g/mol. The molecule has 1 aliphatic rings. The van der Waals surface area contributed by atoms with Crippen molar-refractivity contribution in [1.82, 2.24) is 14.5 Å². The van der Waals surface area contributed by atoms with E-state index in [4.69, 9.17) is 32.9 Å². The number of aryl methyl sites for hydroxylation is 1. The molecule has 0 radical (unpaired) electrons. The summed E-state index contributed by atoms with van der Waals surface area (Å²) in [5.41, 5.74) is 1.68. The molecule has 2 aromatic heterocycles. The van der Waals surface area contributed by atoms with Crippen LogP contribution in [0.2, 0.25) is 10.0 Å². The molecule has 4 rings (SSSR count). The van der Waals surface area contributed by atoms with Crippen molar-refractivity contribution in [2.45, 2.75) is 32.4 Å². The molecule has 1 saturated heterocycles. The average Bonchev–Trinajstić information content (AvgIpc) is 3.21. The van der Waals surface area contributed by atoms with Gasteiger partial charge in [-0.1, -0.05) is 36.2 Å². The van der Waals surface area contributed by atoms with Gasteiger partial charge in [-0.2, -0.15) is 0 Å². The lowest BCUT2D eigenvalue weighted by Gasteiger charge is -2.22. The number of nitrogens with zero attached hydrogens (tertiary/aromatic N) is 4. The molecule has 0 amide bonds. The fourth-order valence-corrected chi connectivity index (χ4v) is 4.66. The fraction of sp³-hybridized carbons (Fsp3) is 0.375. The van der Waals surface area contributed by atoms with Crippen LogP contribution in [0.15, 0.2) is 47.4 Å². The first-order valence-electron chi connectivity index (χ1n) is 11.0. The molecular formula is C24H27Cl2N5O2. The highest BCUT2D eigenvalue weighted by Gasteiger charge is 2.35. The summed E-state index contributed by atoms with van der Waals surface area (Å²) in [7, 11) is 1.70. The van der Waals surface area contributed by atoms with Crippen LogP contribution in [-0.4, -0.2) is 46.4 Å². The van der Waals surface area contributed by atoms with Crippen LogP contribution in [0.3, 0.4) is 0 Å². The van der Waals surface area contributed by atoms with E-state index in [1.165, 1.54) is 4.57 Å².